The van der Waals surface area contributed by atoms with Crippen molar-refractivity contribution in [3.05, 3.63) is 34.9 Å². The van der Waals surface area contributed by atoms with Crippen LogP contribution in [0.1, 0.15) is 31.9 Å². The Morgan fingerprint density at radius 1 is 1.16 bits per heavy atom. The molecule has 0 aliphatic carbocycles. The van der Waals surface area contributed by atoms with Gasteiger partial charge >= 0.3 is 0 Å². The van der Waals surface area contributed by atoms with Crippen LogP contribution >= 0.6 is 0 Å². The van der Waals surface area contributed by atoms with E-state index in [2.05, 4.69) is 0 Å². The van der Waals surface area contributed by atoms with Crippen LogP contribution in [0.15, 0.2) is 12.1 Å². The summed E-state index contributed by atoms with van der Waals surface area (Å²) in [4.78, 5) is 13.4. The van der Waals surface area contributed by atoms with Gasteiger partial charge in [0.05, 0.1) is 6.54 Å². The summed E-state index contributed by atoms with van der Waals surface area (Å²) < 4.78 is 27.9. The third-order valence-electron chi connectivity index (χ3n) is 2.75. The van der Waals surface area contributed by atoms with Gasteiger partial charge in [0.25, 0.3) is 0 Å². The summed E-state index contributed by atoms with van der Waals surface area (Å²) in [6, 6.07) is 2.52. The highest BCUT2D eigenvalue weighted by atomic mass is 19.1. The molecular formula is C15H21F2NO. The first-order chi connectivity index (χ1) is 8.61. The number of halogens is 2. The first-order valence-electron chi connectivity index (χ1n) is 6.26. The molecule has 0 radical (unpaired) electrons. The number of benzene rings is 1. The topological polar surface area (TPSA) is 20.3 Å². The van der Waals surface area contributed by atoms with Crippen LogP contribution in [0, 0.1) is 11.6 Å². The van der Waals surface area contributed by atoms with E-state index in [0.29, 0.717) is 5.56 Å². The maximum atomic E-state index is 14.0. The highest BCUT2D eigenvalue weighted by Crippen LogP contribution is 2.28. The zero-order valence-corrected chi connectivity index (χ0v) is 12.2. The molecule has 2 nitrogen and oxygen atoms in total. The molecule has 1 rings (SSSR count). The van der Waals surface area contributed by atoms with Gasteiger partial charge in [-0.1, -0.05) is 20.8 Å². The molecule has 0 heterocycles. The third-order valence-corrected chi connectivity index (χ3v) is 2.75. The van der Waals surface area contributed by atoms with Gasteiger partial charge in [0, 0.05) is 12.0 Å². The molecule has 106 valence electrons. The Hall–Kier alpha value is -1.29. The molecule has 0 fully saturated rings. The average Bonchev–Trinajstić information content (AvgIpc) is 2.10. The second kappa shape index (κ2) is 5.78. The molecule has 1 aromatic rings. The second-order valence-corrected chi connectivity index (χ2v) is 6.14. The van der Waals surface area contributed by atoms with Crippen molar-refractivity contribution >= 4 is 5.78 Å². The fraction of sp³-hybridized carbons (Fsp3) is 0.533. The van der Waals surface area contributed by atoms with E-state index in [1.807, 2.05) is 0 Å². The van der Waals surface area contributed by atoms with Crippen molar-refractivity contribution in [2.75, 3.05) is 20.6 Å². The van der Waals surface area contributed by atoms with Crippen LogP contribution in [0.25, 0.3) is 0 Å². The van der Waals surface area contributed by atoms with E-state index in [1.54, 1.807) is 39.8 Å². The van der Waals surface area contributed by atoms with Crippen LogP contribution < -0.4 is 0 Å². The minimum absolute atomic E-state index is 0.0520. The molecule has 1 aromatic carbocycles. The summed E-state index contributed by atoms with van der Waals surface area (Å²) in [7, 11) is 3.56. The monoisotopic (exact) mass is 269 g/mol. The van der Waals surface area contributed by atoms with Crippen molar-refractivity contribution in [2.24, 2.45) is 0 Å². The van der Waals surface area contributed by atoms with Gasteiger partial charge in [-0.25, -0.2) is 8.78 Å². The Morgan fingerprint density at radius 3 is 2.00 bits per heavy atom. The number of nitrogens with zero attached hydrogens (tertiary/aromatic N) is 1. The van der Waals surface area contributed by atoms with Crippen LogP contribution in [0.5, 0.6) is 0 Å². The van der Waals surface area contributed by atoms with Crippen molar-refractivity contribution in [1.29, 1.82) is 0 Å². The standard InChI is InChI=1S/C15H21F2NO/c1-15(2,3)14-12(16)7-10(8-13(14)17)6-11(19)9-18(4)5/h7-8H,6,9H2,1-5H3. The molecule has 0 saturated carbocycles. The van der Waals surface area contributed by atoms with Crippen molar-refractivity contribution in [2.45, 2.75) is 32.6 Å². The molecule has 19 heavy (non-hydrogen) atoms. The summed E-state index contributed by atoms with van der Waals surface area (Å²) in [5.74, 6) is -1.23. The SMILES string of the molecule is CN(C)CC(=O)Cc1cc(F)c(C(C)(C)C)c(F)c1. The van der Waals surface area contributed by atoms with Crippen LogP contribution in [0.4, 0.5) is 8.78 Å². The lowest BCUT2D eigenvalue weighted by Crippen LogP contribution is -2.23. The van der Waals surface area contributed by atoms with Crippen LogP contribution in [-0.2, 0) is 16.6 Å². The fourth-order valence-electron chi connectivity index (χ4n) is 2.08. The number of likely N-dealkylation sites (N-methyl/N-ethyl adjacent to an activating group) is 1. The predicted molar refractivity (Wildman–Crippen MR) is 72.3 cm³/mol. The van der Waals surface area contributed by atoms with Crippen LogP contribution in [0.3, 0.4) is 0 Å². The van der Waals surface area contributed by atoms with E-state index in [1.165, 1.54) is 12.1 Å². The summed E-state index contributed by atoms with van der Waals surface area (Å²) in [5.41, 5.74) is -0.147. The number of hydrogen-bond acceptors (Lipinski definition) is 2. The molecule has 0 saturated heterocycles. The molecule has 0 N–H and O–H groups in total. The Kier molecular flexibility index (Phi) is 4.80. The zero-order valence-electron chi connectivity index (χ0n) is 12.2. The van der Waals surface area contributed by atoms with E-state index < -0.39 is 17.0 Å². The lowest BCUT2D eigenvalue weighted by atomic mass is 9.85. The number of ketones is 1. The van der Waals surface area contributed by atoms with Crippen LogP contribution in [-0.4, -0.2) is 31.3 Å². The van der Waals surface area contributed by atoms with Crippen molar-refractivity contribution in [1.82, 2.24) is 4.90 Å². The molecule has 0 aromatic heterocycles. The molecule has 0 bridgehead atoms. The van der Waals surface area contributed by atoms with Gasteiger partial charge in [-0.15, -0.1) is 0 Å². The lowest BCUT2D eigenvalue weighted by molar-refractivity contribution is -0.119. The first-order valence-corrected chi connectivity index (χ1v) is 6.26. The van der Waals surface area contributed by atoms with Gasteiger partial charge in [0.1, 0.15) is 11.6 Å². The summed E-state index contributed by atoms with van der Waals surface area (Å²) in [5, 5.41) is 0. The van der Waals surface area contributed by atoms with Crippen molar-refractivity contribution in [3.63, 3.8) is 0 Å². The zero-order chi connectivity index (χ0) is 14.8. The molecule has 0 atom stereocenters. The summed E-state index contributed by atoms with van der Waals surface area (Å²) >= 11 is 0. The average molecular weight is 269 g/mol. The highest BCUT2D eigenvalue weighted by molar-refractivity contribution is 5.82. The Morgan fingerprint density at radius 2 is 1.63 bits per heavy atom. The molecular weight excluding hydrogens is 248 g/mol. The predicted octanol–water partition coefficient (Wildman–Crippen LogP) is 2.94. The number of carbonyl (C=O) groups is 1. The smallest absolute Gasteiger partial charge is 0.151 e. The van der Waals surface area contributed by atoms with E-state index >= 15 is 0 Å². The van der Waals surface area contributed by atoms with E-state index in [-0.39, 0.29) is 24.3 Å². The fourth-order valence-corrected chi connectivity index (χ4v) is 2.08. The first kappa shape index (κ1) is 15.8. The number of carbonyl (C=O) groups excluding carboxylic acids is 1. The van der Waals surface area contributed by atoms with Gasteiger partial charge in [-0.3, -0.25) is 4.79 Å². The van der Waals surface area contributed by atoms with Crippen LogP contribution in [0.2, 0.25) is 0 Å². The molecule has 4 heteroatoms. The Bertz CT molecular complexity index is 453. The maximum Gasteiger partial charge on any atom is 0.151 e. The largest absolute Gasteiger partial charge is 0.302 e. The summed E-state index contributed by atoms with van der Waals surface area (Å²) in [6.45, 7) is 5.53. The van der Waals surface area contributed by atoms with Crippen molar-refractivity contribution in [3.8, 4) is 0 Å². The van der Waals surface area contributed by atoms with E-state index in [0.717, 1.165) is 0 Å². The number of hydrogen-bond donors (Lipinski definition) is 0. The molecule has 0 spiro atoms. The minimum atomic E-state index is -0.597. The number of rotatable bonds is 4. The lowest BCUT2D eigenvalue weighted by Gasteiger charge is -2.21. The minimum Gasteiger partial charge on any atom is -0.302 e. The Labute approximate surface area is 113 Å². The third kappa shape index (κ3) is 4.39. The maximum absolute atomic E-state index is 14.0. The molecule has 0 amide bonds. The normalized spacial score (nSPS) is 12.0. The molecule has 0 aliphatic rings. The van der Waals surface area contributed by atoms with Gasteiger partial charge in [-0.05, 0) is 37.2 Å². The van der Waals surface area contributed by atoms with Gasteiger partial charge < -0.3 is 4.90 Å². The molecule has 0 unspecified atom stereocenters. The van der Waals surface area contributed by atoms with Gasteiger partial charge in [0.15, 0.2) is 5.78 Å². The van der Waals surface area contributed by atoms with E-state index in [4.69, 9.17) is 0 Å². The quantitative estimate of drug-likeness (QED) is 0.837. The highest BCUT2D eigenvalue weighted by Gasteiger charge is 2.24. The summed E-state index contributed by atoms with van der Waals surface area (Å²) in [6.07, 6.45) is 0.0520. The Balaban J connectivity index is 2.99. The van der Waals surface area contributed by atoms with Gasteiger partial charge in [0.2, 0.25) is 0 Å². The molecule has 0 aliphatic heterocycles. The van der Waals surface area contributed by atoms with E-state index in [9.17, 15) is 13.6 Å². The number of Topliss-reactive ketones (excluding diaryl/α,β-unsaturated/α-hetero) is 1. The van der Waals surface area contributed by atoms with Gasteiger partial charge in [-0.2, -0.15) is 0 Å². The second-order valence-electron chi connectivity index (χ2n) is 6.14. The van der Waals surface area contributed by atoms with Crippen molar-refractivity contribution < 1.29 is 13.6 Å².